The van der Waals surface area contributed by atoms with Crippen molar-refractivity contribution in [2.45, 2.75) is 0 Å². The molecule has 0 fully saturated rings. The van der Waals surface area contributed by atoms with E-state index in [1.165, 1.54) is 0 Å². The predicted octanol–water partition coefficient (Wildman–Crippen LogP) is 3.80. The van der Waals surface area contributed by atoms with Gasteiger partial charge in [0.15, 0.2) is 0 Å². The van der Waals surface area contributed by atoms with Gasteiger partial charge in [0.25, 0.3) is 0 Å². The van der Waals surface area contributed by atoms with Crippen molar-refractivity contribution in [2.75, 3.05) is 0 Å². The zero-order valence-electron chi connectivity index (χ0n) is 9.51. The van der Waals surface area contributed by atoms with Gasteiger partial charge in [0.05, 0.1) is 0 Å². The summed E-state index contributed by atoms with van der Waals surface area (Å²) in [6, 6.07) is 20.1. The van der Waals surface area contributed by atoms with Crippen LogP contribution in [0.15, 0.2) is 72.8 Å². The Morgan fingerprint density at radius 3 is 1.29 bits per heavy atom. The van der Waals surface area contributed by atoms with E-state index in [9.17, 15) is 0 Å². The van der Waals surface area contributed by atoms with E-state index in [1.807, 2.05) is 72.8 Å². The molecular weight excluding hydrogens is 281 g/mol. The van der Waals surface area contributed by atoms with Crippen LogP contribution in [-0.4, -0.2) is 0 Å². The van der Waals surface area contributed by atoms with Crippen molar-refractivity contribution in [1.29, 1.82) is 0 Å². The summed E-state index contributed by atoms with van der Waals surface area (Å²) in [5.41, 5.74) is 2.15. The Hall–Kier alpha value is -0.976. The molecule has 0 heterocycles. The summed E-state index contributed by atoms with van der Waals surface area (Å²) in [6.45, 7) is 0. The maximum absolute atomic E-state index is 3.17. The second-order valence-corrected chi connectivity index (χ2v) is 3.35. The first-order chi connectivity index (χ1) is 7.95. The number of allylic oxidation sites excluding steroid dienone is 2. The van der Waals surface area contributed by atoms with Gasteiger partial charge < -0.3 is 0 Å². The molecule has 0 aliphatic carbocycles. The van der Waals surface area contributed by atoms with Crippen molar-refractivity contribution in [3.05, 3.63) is 96.1 Å². The van der Waals surface area contributed by atoms with E-state index in [-0.39, 0.29) is 32.7 Å². The quantitative estimate of drug-likeness (QED) is 0.596. The first kappa shape index (κ1) is 14.1. The Balaban J connectivity index is 0.00000144. The molecule has 0 saturated carbocycles. The normalized spacial score (nSPS) is 10.6. The van der Waals surface area contributed by atoms with Gasteiger partial charge in [-0.25, -0.2) is 12.2 Å². The van der Waals surface area contributed by atoms with Crippen LogP contribution in [-0.2, 0) is 32.7 Å². The Morgan fingerprint density at radius 1 is 0.588 bits per heavy atom. The number of benzene rings is 2. The summed E-state index contributed by atoms with van der Waals surface area (Å²) in [4.78, 5) is 0. The van der Waals surface area contributed by atoms with Crippen molar-refractivity contribution in [3.63, 3.8) is 0 Å². The maximum Gasteiger partial charge on any atom is 0 e. The smallest absolute Gasteiger partial charge is 0 e. The van der Waals surface area contributed by atoms with Crippen molar-refractivity contribution >= 4 is 0 Å². The molecule has 17 heavy (non-hydrogen) atoms. The Labute approximate surface area is 128 Å². The van der Waals surface area contributed by atoms with Crippen LogP contribution in [0.4, 0.5) is 0 Å². The minimum Gasteiger partial charge on any atom is -0.219 e. The van der Waals surface area contributed by atoms with E-state index >= 15 is 0 Å². The number of hydrogen-bond donors (Lipinski definition) is 0. The summed E-state index contributed by atoms with van der Waals surface area (Å²) >= 11 is 0. The van der Waals surface area contributed by atoms with Gasteiger partial charge in [-0.15, -0.1) is 48.5 Å². The standard InChI is InChI=1S/C16H12.Y/c1-3-9-15(10-4-1)13-7-8-14-16-11-5-2-6-12-16;/h1-12H;/q-2;. The van der Waals surface area contributed by atoms with E-state index in [2.05, 4.69) is 12.2 Å². The number of rotatable bonds is 3. The first-order valence-corrected chi connectivity index (χ1v) is 5.23. The molecule has 2 aromatic carbocycles. The third-order valence-corrected chi connectivity index (χ3v) is 2.13. The largest absolute Gasteiger partial charge is 0.219 e. The third-order valence-electron chi connectivity index (χ3n) is 2.13. The van der Waals surface area contributed by atoms with E-state index in [0.717, 1.165) is 11.1 Å². The van der Waals surface area contributed by atoms with Crippen molar-refractivity contribution in [2.24, 2.45) is 0 Å². The molecule has 1 heteroatoms. The molecule has 0 nitrogen and oxygen atoms in total. The monoisotopic (exact) mass is 293 g/mol. The molecule has 0 aliphatic heterocycles. The summed E-state index contributed by atoms with van der Waals surface area (Å²) in [6.07, 6.45) is 10.1. The second kappa shape index (κ2) is 8.16. The fraction of sp³-hybridized carbons (Fsp3) is 0. The van der Waals surface area contributed by atoms with Crippen LogP contribution in [0.1, 0.15) is 11.1 Å². The van der Waals surface area contributed by atoms with E-state index < -0.39 is 0 Å². The van der Waals surface area contributed by atoms with Gasteiger partial charge >= 0.3 is 0 Å². The summed E-state index contributed by atoms with van der Waals surface area (Å²) in [5.74, 6) is 0. The van der Waals surface area contributed by atoms with Gasteiger partial charge in [-0.05, 0) is 0 Å². The Morgan fingerprint density at radius 2 is 0.941 bits per heavy atom. The van der Waals surface area contributed by atoms with Crippen LogP contribution < -0.4 is 0 Å². The van der Waals surface area contributed by atoms with Gasteiger partial charge in [-0.3, -0.25) is 0 Å². The molecule has 2 rings (SSSR count). The van der Waals surface area contributed by atoms with Crippen molar-refractivity contribution in [3.8, 4) is 0 Å². The molecule has 0 saturated heterocycles. The van der Waals surface area contributed by atoms with Crippen LogP contribution in [0, 0.1) is 12.2 Å². The van der Waals surface area contributed by atoms with E-state index in [0.29, 0.717) is 0 Å². The van der Waals surface area contributed by atoms with Gasteiger partial charge in [-0.1, -0.05) is 12.1 Å². The number of hydrogen-bond acceptors (Lipinski definition) is 0. The SMILES string of the molecule is [C-](=CC=[C-]c1ccccc1)c1ccccc1.[Y]. The molecule has 0 amide bonds. The molecule has 0 N–H and O–H groups in total. The Kier molecular flexibility index (Phi) is 6.77. The van der Waals surface area contributed by atoms with Crippen molar-refractivity contribution in [1.82, 2.24) is 0 Å². The topological polar surface area (TPSA) is 0 Å². The third kappa shape index (κ3) is 5.25. The fourth-order valence-electron chi connectivity index (χ4n) is 1.34. The van der Waals surface area contributed by atoms with Crippen LogP contribution >= 0.6 is 0 Å². The average molecular weight is 293 g/mol. The summed E-state index contributed by atoms with van der Waals surface area (Å²) in [7, 11) is 0. The molecule has 0 aliphatic rings. The summed E-state index contributed by atoms with van der Waals surface area (Å²) < 4.78 is 0. The average Bonchev–Trinajstić information content (AvgIpc) is 2.37. The maximum atomic E-state index is 3.17. The van der Waals surface area contributed by atoms with Gasteiger partial charge in [0, 0.05) is 32.7 Å². The first-order valence-electron chi connectivity index (χ1n) is 5.23. The molecule has 0 spiro atoms. The van der Waals surface area contributed by atoms with Crippen LogP contribution in [0.25, 0.3) is 0 Å². The summed E-state index contributed by atoms with van der Waals surface area (Å²) in [5, 5.41) is 0. The molecule has 0 atom stereocenters. The zero-order chi connectivity index (χ0) is 11.1. The predicted molar refractivity (Wildman–Crippen MR) is 66.7 cm³/mol. The minimum absolute atomic E-state index is 0. The molecule has 0 unspecified atom stereocenters. The van der Waals surface area contributed by atoms with Crippen LogP contribution in [0.5, 0.6) is 0 Å². The second-order valence-electron chi connectivity index (χ2n) is 3.35. The molecule has 81 valence electrons. The molecule has 1 radical (unpaired) electrons. The van der Waals surface area contributed by atoms with Crippen molar-refractivity contribution < 1.29 is 32.7 Å². The fourth-order valence-corrected chi connectivity index (χ4v) is 1.34. The van der Waals surface area contributed by atoms with Crippen LogP contribution in [0.2, 0.25) is 0 Å². The molecule has 0 bridgehead atoms. The van der Waals surface area contributed by atoms with Crippen LogP contribution in [0.3, 0.4) is 0 Å². The van der Waals surface area contributed by atoms with Gasteiger partial charge in [0.1, 0.15) is 0 Å². The molecule has 0 aromatic heterocycles. The molecular formula is C16H12Y-2. The zero-order valence-corrected chi connectivity index (χ0v) is 12.3. The van der Waals surface area contributed by atoms with Gasteiger partial charge in [0.2, 0.25) is 0 Å². The van der Waals surface area contributed by atoms with Gasteiger partial charge in [-0.2, -0.15) is 23.3 Å². The minimum atomic E-state index is 0. The van der Waals surface area contributed by atoms with E-state index in [1.54, 1.807) is 0 Å². The van der Waals surface area contributed by atoms with E-state index in [4.69, 9.17) is 0 Å². The molecule has 2 aromatic rings. The Bertz CT molecular complexity index is 422.